The maximum atomic E-state index is 14.1. The van der Waals surface area contributed by atoms with Gasteiger partial charge in [0.05, 0.1) is 18.5 Å². The molecule has 0 saturated carbocycles. The van der Waals surface area contributed by atoms with Gasteiger partial charge in [-0.1, -0.05) is 48.0 Å². The van der Waals surface area contributed by atoms with Gasteiger partial charge >= 0.3 is 0 Å². The average Bonchev–Trinajstić information content (AvgIpc) is 3.43. The number of carbonyl (C=O) groups is 2. The molecular weight excluding hydrogens is 432 g/mol. The Bertz CT molecular complexity index is 1180. The average molecular weight is 453 g/mol. The second kappa shape index (κ2) is 7.18. The molecule has 5 nitrogen and oxygen atoms in total. The van der Waals surface area contributed by atoms with Crippen LogP contribution in [0.15, 0.2) is 71.3 Å². The van der Waals surface area contributed by atoms with Crippen LogP contribution >= 0.6 is 23.4 Å². The summed E-state index contributed by atoms with van der Waals surface area (Å²) in [5, 5.41) is 0.608. The van der Waals surface area contributed by atoms with Crippen molar-refractivity contribution >= 4 is 40.9 Å². The Labute approximate surface area is 190 Å². The highest BCUT2D eigenvalue weighted by Crippen LogP contribution is 2.60. The fourth-order valence-electron chi connectivity index (χ4n) is 4.44. The van der Waals surface area contributed by atoms with E-state index in [1.54, 1.807) is 21.9 Å². The molecule has 31 heavy (non-hydrogen) atoms. The van der Waals surface area contributed by atoms with Gasteiger partial charge in [-0.15, -0.1) is 11.8 Å². The molecule has 0 bridgehead atoms. The summed E-state index contributed by atoms with van der Waals surface area (Å²) in [6.45, 7) is 4.88. The quantitative estimate of drug-likeness (QED) is 0.541. The Balaban J connectivity index is 1.64. The molecule has 1 fully saturated rings. The van der Waals surface area contributed by atoms with Gasteiger partial charge in [-0.05, 0) is 43.7 Å². The van der Waals surface area contributed by atoms with Gasteiger partial charge in [0.25, 0.3) is 11.8 Å². The Morgan fingerprint density at radius 1 is 1.10 bits per heavy atom. The molecule has 2 aliphatic rings. The molecule has 0 aliphatic carbocycles. The smallest absolute Gasteiger partial charge is 0.291 e. The highest BCUT2D eigenvalue weighted by atomic mass is 35.5. The standard InChI is InChI=1S/C24H21ClN2O3S/c1-23(2)15-27(21(28)20-12-7-13-30-20)24(31-23)17-9-4-6-11-19(17)26(22(24)29)14-16-8-3-5-10-18(16)25/h3-13H,14-15H2,1-2H3/t24-/m1/s1. The number of nitrogens with zero attached hydrogens (tertiary/aromatic N) is 2. The van der Waals surface area contributed by atoms with Crippen molar-refractivity contribution in [1.82, 2.24) is 4.90 Å². The molecule has 158 valence electrons. The third-order valence-corrected chi connectivity index (χ3v) is 7.66. The first-order valence-electron chi connectivity index (χ1n) is 10.0. The second-order valence-electron chi connectivity index (χ2n) is 8.37. The van der Waals surface area contributed by atoms with Crippen molar-refractivity contribution in [2.24, 2.45) is 0 Å². The van der Waals surface area contributed by atoms with E-state index < -0.39 is 4.87 Å². The zero-order valence-corrected chi connectivity index (χ0v) is 18.7. The number of anilines is 1. The highest BCUT2D eigenvalue weighted by molar-refractivity contribution is 8.02. The molecule has 2 aromatic carbocycles. The number of hydrogen-bond donors (Lipinski definition) is 0. The van der Waals surface area contributed by atoms with Gasteiger partial charge < -0.3 is 14.2 Å². The van der Waals surface area contributed by atoms with Gasteiger partial charge in [0.15, 0.2) is 10.6 Å². The maximum Gasteiger partial charge on any atom is 0.291 e. The summed E-state index contributed by atoms with van der Waals surface area (Å²) in [5.41, 5.74) is 2.48. The topological polar surface area (TPSA) is 53.8 Å². The molecule has 1 atom stereocenters. The molecule has 1 aromatic heterocycles. The van der Waals surface area contributed by atoms with Gasteiger partial charge in [-0.25, -0.2) is 0 Å². The van der Waals surface area contributed by atoms with Crippen LogP contribution < -0.4 is 4.90 Å². The molecule has 1 spiro atoms. The van der Waals surface area contributed by atoms with Crippen molar-refractivity contribution < 1.29 is 14.0 Å². The third-order valence-electron chi connectivity index (χ3n) is 5.70. The molecule has 3 aromatic rings. The molecule has 0 N–H and O–H groups in total. The normalized spacial score (nSPS) is 21.7. The molecule has 1 saturated heterocycles. The lowest BCUT2D eigenvalue weighted by Gasteiger charge is -2.32. The fourth-order valence-corrected chi connectivity index (χ4v) is 6.37. The SMILES string of the molecule is CC1(C)CN(C(=O)c2ccco2)[C@]2(S1)C(=O)N(Cc1ccccc1Cl)c1ccccc12. The number of rotatable bonds is 3. The Hall–Kier alpha value is -2.70. The number of carbonyl (C=O) groups excluding carboxylic acids is 2. The van der Waals surface area contributed by atoms with Gasteiger partial charge in [0, 0.05) is 21.9 Å². The Kier molecular flexibility index (Phi) is 4.68. The first kappa shape index (κ1) is 20.2. The largest absolute Gasteiger partial charge is 0.459 e. The summed E-state index contributed by atoms with van der Waals surface area (Å²) < 4.78 is 5.08. The molecular formula is C24H21ClN2O3S. The van der Waals surface area contributed by atoms with E-state index in [1.165, 1.54) is 18.0 Å². The van der Waals surface area contributed by atoms with Crippen LogP contribution in [0.5, 0.6) is 0 Å². The van der Waals surface area contributed by atoms with Gasteiger partial charge in [0.2, 0.25) is 0 Å². The molecule has 2 aliphatic heterocycles. The minimum Gasteiger partial charge on any atom is -0.459 e. The molecule has 0 unspecified atom stereocenters. The minimum atomic E-state index is -1.15. The fraction of sp³-hybridized carbons (Fsp3) is 0.250. The first-order valence-corrected chi connectivity index (χ1v) is 11.2. The van der Waals surface area contributed by atoms with Crippen molar-refractivity contribution in [1.29, 1.82) is 0 Å². The molecule has 5 rings (SSSR count). The van der Waals surface area contributed by atoms with Crippen molar-refractivity contribution in [3.05, 3.63) is 88.8 Å². The highest BCUT2D eigenvalue weighted by Gasteiger charge is 2.63. The summed E-state index contributed by atoms with van der Waals surface area (Å²) >= 11 is 7.92. The first-order chi connectivity index (χ1) is 14.8. The van der Waals surface area contributed by atoms with E-state index in [4.69, 9.17) is 16.0 Å². The van der Waals surface area contributed by atoms with E-state index in [0.29, 0.717) is 18.1 Å². The molecule has 3 heterocycles. The lowest BCUT2D eigenvalue weighted by atomic mass is 10.0. The molecule has 0 radical (unpaired) electrons. The number of thioether (sulfide) groups is 1. The van der Waals surface area contributed by atoms with E-state index >= 15 is 0 Å². The summed E-state index contributed by atoms with van der Waals surface area (Å²) in [5.74, 6) is -0.192. The van der Waals surface area contributed by atoms with Crippen molar-refractivity contribution in [3.63, 3.8) is 0 Å². The van der Waals surface area contributed by atoms with E-state index in [2.05, 4.69) is 13.8 Å². The second-order valence-corrected chi connectivity index (χ2v) is 10.7. The summed E-state index contributed by atoms with van der Waals surface area (Å²) in [4.78, 5) is 29.8. The number of fused-ring (bicyclic) bond motifs is 2. The minimum absolute atomic E-state index is 0.135. The van der Waals surface area contributed by atoms with Crippen LogP contribution in [0.2, 0.25) is 5.02 Å². The van der Waals surface area contributed by atoms with E-state index in [1.807, 2.05) is 48.5 Å². The maximum absolute atomic E-state index is 14.1. The van der Waals surface area contributed by atoms with Crippen molar-refractivity contribution in [2.45, 2.75) is 30.0 Å². The van der Waals surface area contributed by atoms with Crippen molar-refractivity contribution in [2.75, 3.05) is 11.4 Å². The zero-order valence-electron chi connectivity index (χ0n) is 17.2. The zero-order chi connectivity index (χ0) is 21.8. The van der Waals surface area contributed by atoms with Gasteiger partial charge in [-0.3, -0.25) is 9.59 Å². The number of amides is 2. The van der Waals surface area contributed by atoms with E-state index in [9.17, 15) is 9.59 Å². The summed E-state index contributed by atoms with van der Waals surface area (Å²) in [6, 6.07) is 18.5. The lowest BCUT2D eigenvalue weighted by Crippen LogP contribution is -2.50. The Morgan fingerprint density at radius 3 is 2.58 bits per heavy atom. The van der Waals surface area contributed by atoms with Crippen LogP contribution in [0, 0.1) is 0 Å². The number of furan rings is 1. The monoisotopic (exact) mass is 452 g/mol. The van der Waals surface area contributed by atoms with Crippen LogP contribution in [-0.4, -0.2) is 28.0 Å². The Morgan fingerprint density at radius 2 is 1.84 bits per heavy atom. The predicted octanol–water partition coefficient (Wildman–Crippen LogP) is 5.30. The number of para-hydroxylation sites is 1. The lowest BCUT2D eigenvalue weighted by molar-refractivity contribution is -0.123. The van der Waals surface area contributed by atoms with Crippen molar-refractivity contribution in [3.8, 4) is 0 Å². The summed E-state index contributed by atoms with van der Waals surface area (Å²) in [6.07, 6.45) is 1.47. The number of halogens is 1. The molecule has 7 heteroatoms. The van der Waals surface area contributed by atoms with Gasteiger partial charge in [0.1, 0.15) is 0 Å². The van der Waals surface area contributed by atoms with Crippen LogP contribution in [0.1, 0.15) is 35.5 Å². The summed E-state index contributed by atoms with van der Waals surface area (Å²) in [7, 11) is 0. The predicted molar refractivity (Wildman–Crippen MR) is 122 cm³/mol. The third kappa shape index (κ3) is 3.08. The van der Waals surface area contributed by atoms with Crippen LogP contribution in [0.4, 0.5) is 5.69 Å². The van der Waals surface area contributed by atoms with E-state index in [-0.39, 0.29) is 22.3 Å². The number of hydrogen-bond acceptors (Lipinski definition) is 4. The number of benzene rings is 2. The van der Waals surface area contributed by atoms with Crippen LogP contribution in [0.3, 0.4) is 0 Å². The molecule has 2 amide bonds. The van der Waals surface area contributed by atoms with E-state index in [0.717, 1.165) is 16.8 Å². The van der Waals surface area contributed by atoms with Gasteiger partial charge in [-0.2, -0.15) is 0 Å². The van der Waals surface area contributed by atoms with Crippen LogP contribution in [0.25, 0.3) is 0 Å². The van der Waals surface area contributed by atoms with Crippen LogP contribution in [-0.2, 0) is 16.2 Å².